The Morgan fingerprint density at radius 2 is 1.54 bits per heavy atom. The molecule has 0 saturated carbocycles. The van der Waals surface area contributed by atoms with Crippen LogP contribution in [0.25, 0.3) is 6.08 Å². The predicted octanol–water partition coefficient (Wildman–Crippen LogP) is 6.16. The molecule has 0 spiro atoms. The largest absolute Gasteiger partial charge is 0.175 e. The van der Waals surface area contributed by atoms with Gasteiger partial charge in [0.05, 0.1) is 0 Å². The lowest BCUT2D eigenvalue weighted by Crippen LogP contribution is -1.89. The summed E-state index contributed by atoms with van der Waals surface area (Å²) in [4.78, 5) is 0. The summed E-state index contributed by atoms with van der Waals surface area (Å²) in [7, 11) is 0. The van der Waals surface area contributed by atoms with Gasteiger partial charge >= 0.3 is 0 Å². The molecule has 0 radical (unpaired) electrons. The van der Waals surface area contributed by atoms with Crippen molar-refractivity contribution in [1.29, 1.82) is 0 Å². The smallest absolute Gasteiger partial charge is 0.131 e. The molecule has 2 aromatic carbocycles. The van der Waals surface area contributed by atoms with Gasteiger partial charge < -0.3 is 0 Å². The zero-order valence-electron chi connectivity index (χ0n) is 14.9. The number of aryl methyl sites for hydroxylation is 3. The van der Waals surface area contributed by atoms with Crippen LogP contribution < -0.4 is 0 Å². The van der Waals surface area contributed by atoms with Gasteiger partial charge in [-0.05, 0) is 36.5 Å². The molecule has 0 unspecified atom stereocenters. The molecule has 0 atom stereocenters. The zero-order chi connectivity index (χ0) is 18.2. The third-order valence-electron chi connectivity index (χ3n) is 3.89. The molecule has 3 aromatic rings. The second-order valence-electron chi connectivity index (χ2n) is 5.97. The van der Waals surface area contributed by atoms with Crippen molar-refractivity contribution in [3.05, 3.63) is 77.4 Å². The fourth-order valence-electron chi connectivity index (χ4n) is 2.57. The summed E-state index contributed by atoms with van der Waals surface area (Å²) < 4.78 is 2.12. The molecule has 1 heterocycles. The van der Waals surface area contributed by atoms with Crippen LogP contribution in [0.4, 0.5) is 0 Å². The molecule has 0 bridgehead atoms. The van der Waals surface area contributed by atoms with Gasteiger partial charge in [0.25, 0.3) is 0 Å². The second-order valence-corrected chi connectivity index (χ2v) is 9.63. The lowest BCUT2D eigenvalue weighted by atomic mass is 10.1. The summed E-state index contributed by atoms with van der Waals surface area (Å²) in [5, 5.41) is 8.63. The average molecular weight is 399 g/mol. The summed E-state index contributed by atoms with van der Waals surface area (Å²) in [5.41, 5.74) is 5.22. The Morgan fingerprint density at radius 1 is 0.923 bits per heavy atom. The number of rotatable bonds is 9. The third-order valence-corrected chi connectivity index (χ3v) is 7.08. The molecule has 0 fully saturated rings. The van der Waals surface area contributed by atoms with Crippen LogP contribution in [0.3, 0.4) is 0 Å². The van der Waals surface area contributed by atoms with Gasteiger partial charge in [0.15, 0.2) is 8.68 Å². The third kappa shape index (κ3) is 6.01. The minimum Gasteiger partial charge on any atom is -0.131 e. The van der Waals surface area contributed by atoms with Gasteiger partial charge in [-0.25, -0.2) is 0 Å². The summed E-state index contributed by atoms with van der Waals surface area (Å²) in [6.45, 7) is 5.96. The highest BCUT2D eigenvalue weighted by Gasteiger charge is 2.06. The molecule has 134 valence electrons. The maximum absolute atomic E-state index is 4.32. The van der Waals surface area contributed by atoms with Gasteiger partial charge in [0.2, 0.25) is 0 Å². The van der Waals surface area contributed by atoms with E-state index in [0.29, 0.717) is 0 Å². The summed E-state index contributed by atoms with van der Waals surface area (Å²) in [6.07, 6.45) is 3.98. The number of benzene rings is 2. The molecule has 0 aliphatic carbocycles. The van der Waals surface area contributed by atoms with E-state index in [0.717, 1.165) is 33.0 Å². The lowest BCUT2D eigenvalue weighted by molar-refractivity contribution is 0.952. The first-order valence-electron chi connectivity index (χ1n) is 8.59. The van der Waals surface area contributed by atoms with Crippen LogP contribution in [0, 0.1) is 6.92 Å². The standard InChI is InChI=1S/C21H22N2S3/c1-3-17-7-5-9-19(15-17)11-13-25-21-23-22-20(26-21)24-12-10-18-8-4-6-16(2)14-18/h3-9,14-15H,1,10-13H2,2H3. The van der Waals surface area contributed by atoms with E-state index in [-0.39, 0.29) is 0 Å². The SMILES string of the molecule is C=Cc1cccc(CCSc2nnc(SCCc3cccc(C)c3)s2)c1. The maximum atomic E-state index is 4.32. The highest BCUT2D eigenvalue weighted by molar-refractivity contribution is 8.03. The number of hydrogen-bond acceptors (Lipinski definition) is 5. The molecule has 0 aliphatic heterocycles. The molecule has 5 heteroatoms. The van der Waals surface area contributed by atoms with Gasteiger partial charge in [-0.2, -0.15) is 0 Å². The fourth-order valence-corrected chi connectivity index (χ4v) is 5.71. The van der Waals surface area contributed by atoms with Gasteiger partial charge in [0.1, 0.15) is 0 Å². The quantitative estimate of drug-likeness (QED) is 0.403. The Balaban J connectivity index is 1.42. The van der Waals surface area contributed by atoms with Crippen molar-refractivity contribution in [2.45, 2.75) is 28.4 Å². The zero-order valence-corrected chi connectivity index (χ0v) is 17.3. The Bertz CT molecular complexity index is 858. The Labute approximate surface area is 168 Å². The monoisotopic (exact) mass is 398 g/mol. The van der Waals surface area contributed by atoms with E-state index < -0.39 is 0 Å². The predicted molar refractivity (Wildman–Crippen MR) is 116 cm³/mol. The highest BCUT2D eigenvalue weighted by atomic mass is 32.2. The minimum absolute atomic E-state index is 1.02. The van der Waals surface area contributed by atoms with E-state index in [2.05, 4.69) is 72.2 Å². The van der Waals surface area contributed by atoms with Crippen LogP contribution in [0.2, 0.25) is 0 Å². The molecule has 26 heavy (non-hydrogen) atoms. The molecule has 3 rings (SSSR count). The van der Waals surface area contributed by atoms with Crippen LogP contribution in [0.15, 0.2) is 63.8 Å². The van der Waals surface area contributed by atoms with Crippen molar-refractivity contribution in [1.82, 2.24) is 10.2 Å². The first kappa shape index (κ1) is 19.2. The first-order valence-corrected chi connectivity index (χ1v) is 11.4. The second kappa shape index (κ2) is 9.95. The summed E-state index contributed by atoms with van der Waals surface area (Å²) in [6, 6.07) is 17.2. The van der Waals surface area contributed by atoms with E-state index in [1.807, 2.05) is 6.08 Å². The molecule has 1 aromatic heterocycles. The summed E-state index contributed by atoms with van der Waals surface area (Å²) in [5.74, 6) is 2.06. The van der Waals surface area contributed by atoms with E-state index in [1.54, 1.807) is 34.9 Å². The van der Waals surface area contributed by atoms with Crippen molar-refractivity contribution >= 4 is 40.9 Å². The van der Waals surface area contributed by atoms with Crippen molar-refractivity contribution in [2.75, 3.05) is 11.5 Å². The number of thioether (sulfide) groups is 2. The average Bonchev–Trinajstić information content (AvgIpc) is 3.10. The van der Waals surface area contributed by atoms with Crippen molar-refractivity contribution in [2.24, 2.45) is 0 Å². The fraction of sp³-hybridized carbons (Fsp3) is 0.238. The number of aromatic nitrogens is 2. The topological polar surface area (TPSA) is 25.8 Å². The molecule has 0 aliphatic rings. The van der Waals surface area contributed by atoms with E-state index in [4.69, 9.17) is 0 Å². The minimum atomic E-state index is 1.02. The van der Waals surface area contributed by atoms with Crippen LogP contribution in [0.1, 0.15) is 22.3 Å². The molecule has 2 nitrogen and oxygen atoms in total. The lowest BCUT2D eigenvalue weighted by Gasteiger charge is -2.01. The first-order chi connectivity index (χ1) is 12.7. The highest BCUT2D eigenvalue weighted by Crippen LogP contribution is 2.29. The molecule has 0 N–H and O–H groups in total. The van der Waals surface area contributed by atoms with Crippen LogP contribution in [0.5, 0.6) is 0 Å². The van der Waals surface area contributed by atoms with Crippen LogP contribution >= 0.6 is 34.9 Å². The molecular formula is C21H22N2S3. The molecule has 0 saturated heterocycles. The van der Waals surface area contributed by atoms with Crippen LogP contribution in [-0.2, 0) is 12.8 Å². The molecule has 0 amide bonds. The Hall–Kier alpha value is -1.56. The number of nitrogens with zero attached hydrogens (tertiary/aromatic N) is 2. The Kier molecular flexibility index (Phi) is 7.35. The van der Waals surface area contributed by atoms with E-state index in [1.165, 1.54) is 22.3 Å². The van der Waals surface area contributed by atoms with E-state index in [9.17, 15) is 0 Å². The van der Waals surface area contributed by atoms with E-state index >= 15 is 0 Å². The normalized spacial score (nSPS) is 10.8. The van der Waals surface area contributed by atoms with Gasteiger partial charge in [-0.15, -0.1) is 10.2 Å². The summed E-state index contributed by atoms with van der Waals surface area (Å²) >= 11 is 5.29. The van der Waals surface area contributed by atoms with Gasteiger partial charge in [-0.3, -0.25) is 0 Å². The number of hydrogen-bond donors (Lipinski definition) is 0. The maximum Gasteiger partial charge on any atom is 0.175 e. The van der Waals surface area contributed by atoms with Gasteiger partial charge in [-0.1, -0.05) is 102 Å². The van der Waals surface area contributed by atoms with Crippen molar-refractivity contribution in [3.8, 4) is 0 Å². The molecular weight excluding hydrogens is 376 g/mol. The van der Waals surface area contributed by atoms with Crippen molar-refractivity contribution in [3.63, 3.8) is 0 Å². The van der Waals surface area contributed by atoms with Crippen molar-refractivity contribution < 1.29 is 0 Å². The Morgan fingerprint density at radius 3 is 2.15 bits per heavy atom. The van der Waals surface area contributed by atoms with Gasteiger partial charge in [0, 0.05) is 11.5 Å². The van der Waals surface area contributed by atoms with Crippen LogP contribution in [-0.4, -0.2) is 21.7 Å².